The normalized spacial score (nSPS) is 17.1. The van der Waals surface area contributed by atoms with Gasteiger partial charge in [-0.3, -0.25) is 4.79 Å². The summed E-state index contributed by atoms with van der Waals surface area (Å²) in [5.74, 6) is 0.178. The molecule has 0 aliphatic carbocycles. The highest BCUT2D eigenvalue weighted by Gasteiger charge is 2.16. The van der Waals surface area contributed by atoms with Crippen molar-refractivity contribution in [3.05, 3.63) is 33.8 Å². The molecule has 0 saturated carbocycles. The molecule has 0 unspecified atom stereocenters. The molecule has 1 aromatic carbocycles. The van der Waals surface area contributed by atoms with E-state index in [0.29, 0.717) is 0 Å². The third-order valence-electron chi connectivity index (χ3n) is 3.56. The molecular weight excluding hydrogens is 290 g/mol. The van der Waals surface area contributed by atoms with Crippen molar-refractivity contribution in [1.29, 1.82) is 0 Å². The van der Waals surface area contributed by atoms with Gasteiger partial charge in [-0.2, -0.15) is 0 Å². The number of halogens is 1. The van der Waals surface area contributed by atoms with E-state index in [0.717, 1.165) is 36.0 Å². The van der Waals surface area contributed by atoms with Gasteiger partial charge in [0, 0.05) is 23.1 Å². The summed E-state index contributed by atoms with van der Waals surface area (Å²) >= 11 is 3.50. The van der Waals surface area contributed by atoms with Gasteiger partial charge in [-0.1, -0.05) is 41.3 Å². The van der Waals surface area contributed by atoms with E-state index in [4.69, 9.17) is 0 Å². The summed E-state index contributed by atoms with van der Waals surface area (Å²) < 4.78 is 1.01. The van der Waals surface area contributed by atoms with Crippen molar-refractivity contribution in [1.82, 2.24) is 4.90 Å². The molecular formula is C15H20BrNO. The highest BCUT2D eigenvalue weighted by atomic mass is 79.9. The number of nitrogens with zero attached hydrogens (tertiary/aromatic N) is 1. The van der Waals surface area contributed by atoms with Crippen molar-refractivity contribution in [2.24, 2.45) is 0 Å². The number of amides is 1. The monoisotopic (exact) mass is 309 g/mol. The molecule has 1 heterocycles. The van der Waals surface area contributed by atoms with E-state index < -0.39 is 0 Å². The Morgan fingerprint density at radius 3 is 2.33 bits per heavy atom. The Balaban J connectivity index is 2.10. The van der Waals surface area contributed by atoms with Crippen LogP contribution in [0.1, 0.15) is 48.0 Å². The molecule has 1 aromatic rings. The number of carbonyl (C=O) groups is 1. The van der Waals surface area contributed by atoms with Gasteiger partial charge in [0.25, 0.3) is 5.91 Å². The third-order valence-corrected chi connectivity index (χ3v) is 4.42. The van der Waals surface area contributed by atoms with E-state index in [2.05, 4.69) is 15.9 Å². The maximum absolute atomic E-state index is 12.4. The van der Waals surface area contributed by atoms with Crippen LogP contribution >= 0.6 is 15.9 Å². The van der Waals surface area contributed by atoms with Crippen LogP contribution in [0.25, 0.3) is 0 Å². The predicted molar refractivity (Wildman–Crippen MR) is 77.9 cm³/mol. The van der Waals surface area contributed by atoms with Gasteiger partial charge in [0.15, 0.2) is 0 Å². The van der Waals surface area contributed by atoms with Crippen molar-refractivity contribution >= 4 is 21.8 Å². The Kier molecular flexibility index (Phi) is 4.81. The van der Waals surface area contributed by atoms with Crippen LogP contribution in [-0.4, -0.2) is 23.9 Å². The molecule has 0 atom stereocenters. The average molecular weight is 310 g/mol. The van der Waals surface area contributed by atoms with Crippen LogP contribution in [0.5, 0.6) is 0 Å². The second-order valence-electron chi connectivity index (χ2n) is 5.02. The molecule has 0 radical (unpaired) electrons. The molecule has 0 bridgehead atoms. The molecule has 1 saturated heterocycles. The predicted octanol–water partition coefficient (Wildman–Crippen LogP) is 4.16. The SMILES string of the molecule is Cc1ccc(C(=O)N2CCCCCCC2)cc1Br. The topological polar surface area (TPSA) is 20.3 Å². The number of benzene rings is 1. The Bertz CT molecular complexity index is 423. The Labute approximate surface area is 117 Å². The number of likely N-dealkylation sites (tertiary alicyclic amines) is 1. The van der Waals surface area contributed by atoms with Gasteiger partial charge >= 0.3 is 0 Å². The quantitative estimate of drug-likeness (QED) is 0.762. The van der Waals surface area contributed by atoms with Gasteiger partial charge in [-0.15, -0.1) is 0 Å². The molecule has 2 rings (SSSR count). The maximum atomic E-state index is 12.4. The minimum absolute atomic E-state index is 0.178. The van der Waals surface area contributed by atoms with Crippen LogP contribution in [0.2, 0.25) is 0 Å². The molecule has 1 aliphatic rings. The third kappa shape index (κ3) is 3.35. The molecule has 1 aliphatic heterocycles. The second-order valence-corrected chi connectivity index (χ2v) is 5.88. The molecule has 98 valence electrons. The van der Waals surface area contributed by atoms with Gasteiger partial charge in [0.05, 0.1) is 0 Å². The van der Waals surface area contributed by atoms with E-state index in [1.165, 1.54) is 24.8 Å². The van der Waals surface area contributed by atoms with Crippen molar-refractivity contribution in [2.45, 2.75) is 39.0 Å². The molecule has 3 heteroatoms. The largest absolute Gasteiger partial charge is 0.339 e. The lowest BCUT2D eigenvalue weighted by atomic mass is 10.1. The highest BCUT2D eigenvalue weighted by Crippen LogP contribution is 2.20. The zero-order chi connectivity index (χ0) is 13.0. The van der Waals surface area contributed by atoms with Gasteiger partial charge in [0.2, 0.25) is 0 Å². The van der Waals surface area contributed by atoms with E-state index >= 15 is 0 Å². The molecule has 2 nitrogen and oxygen atoms in total. The number of carbonyl (C=O) groups excluding carboxylic acids is 1. The number of rotatable bonds is 1. The van der Waals surface area contributed by atoms with Gasteiger partial charge in [-0.05, 0) is 37.5 Å². The van der Waals surface area contributed by atoms with Gasteiger partial charge in [-0.25, -0.2) is 0 Å². The van der Waals surface area contributed by atoms with Crippen LogP contribution < -0.4 is 0 Å². The second kappa shape index (κ2) is 6.37. The van der Waals surface area contributed by atoms with E-state index in [-0.39, 0.29) is 5.91 Å². The highest BCUT2D eigenvalue weighted by molar-refractivity contribution is 9.10. The van der Waals surface area contributed by atoms with Gasteiger partial charge in [0.1, 0.15) is 0 Å². The summed E-state index contributed by atoms with van der Waals surface area (Å²) in [4.78, 5) is 14.4. The summed E-state index contributed by atoms with van der Waals surface area (Å²) in [6.45, 7) is 3.85. The first-order valence-electron chi connectivity index (χ1n) is 6.74. The fourth-order valence-electron chi connectivity index (χ4n) is 2.36. The van der Waals surface area contributed by atoms with Crippen molar-refractivity contribution < 1.29 is 4.79 Å². The first-order valence-corrected chi connectivity index (χ1v) is 7.53. The molecule has 1 amide bonds. The maximum Gasteiger partial charge on any atom is 0.253 e. The van der Waals surface area contributed by atoms with E-state index in [1.807, 2.05) is 30.0 Å². The fourth-order valence-corrected chi connectivity index (χ4v) is 2.74. The van der Waals surface area contributed by atoms with Crippen LogP contribution in [0.3, 0.4) is 0 Å². The Morgan fingerprint density at radius 2 is 1.72 bits per heavy atom. The average Bonchev–Trinajstić information content (AvgIpc) is 2.31. The minimum Gasteiger partial charge on any atom is -0.339 e. The van der Waals surface area contributed by atoms with E-state index in [9.17, 15) is 4.79 Å². The number of aryl methyl sites for hydroxylation is 1. The summed E-state index contributed by atoms with van der Waals surface area (Å²) in [6.07, 6.45) is 6.10. The Morgan fingerprint density at radius 1 is 1.11 bits per heavy atom. The standard InChI is InChI=1S/C15H20BrNO/c1-12-7-8-13(11-14(12)16)15(18)17-9-5-3-2-4-6-10-17/h7-8,11H,2-6,9-10H2,1H3. The summed E-state index contributed by atoms with van der Waals surface area (Å²) in [7, 11) is 0. The van der Waals surface area contributed by atoms with Crippen molar-refractivity contribution in [2.75, 3.05) is 13.1 Å². The smallest absolute Gasteiger partial charge is 0.253 e. The first kappa shape index (κ1) is 13.6. The zero-order valence-electron chi connectivity index (χ0n) is 10.9. The number of hydrogen-bond donors (Lipinski definition) is 0. The first-order chi connectivity index (χ1) is 8.68. The summed E-state index contributed by atoms with van der Waals surface area (Å²) in [5.41, 5.74) is 1.97. The summed E-state index contributed by atoms with van der Waals surface area (Å²) in [5, 5.41) is 0. The fraction of sp³-hybridized carbons (Fsp3) is 0.533. The van der Waals surface area contributed by atoms with Crippen LogP contribution in [0.4, 0.5) is 0 Å². The van der Waals surface area contributed by atoms with Crippen molar-refractivity contribution in [3.8, 4) is 0 Å². The lowest BCUT2D eigenvalue weighted by Gasteiger charge is -2.25. The van der Waals surface area contributed by atoms with Crippen LogP contribution in [-0.2, 0) is 0 Å². The van der Waals surface area contributed by atoms with Gasteiger partial charge < -0.3 is 4.90 Å². The lowest BCUT2D eigenvalue weighted by Crippen LogP contribution is -2.33. The minimum atomic E-state index is 0.178. The lowest BCUT2D eigenvalue weighted by molar-refractivity contribution is 0.0742. The number of hydrogen-bond acceptors (Lipinski definition) is 1. The molecule has 18 heavy (non-hydrogen) atoms. The summed E-state index contributed by atoms with van der Waals surface area (Å²) in [6, 6.07) is 5.87. The molecule has 0 spiro atoms. The molecule has 1 fully saturated rings. The zero-order valence-corrected chi connectivity index (χ0v) is 12.5. The molecule has 0 N–H and O–H groups in total. The van der Waals surface area contributed by atoms with Crippen molar-refractivity contribution in [3.63, 3.8) is 0 Å². The van der Waals surface area contributed by atoms with E-state index in [1.54, 1.807) is 0 Å². The van der Waals surface area contributed by atoms with Crippen LogP contribution in [0.15, 0.2) is 22.7 Å². The van der Waals surface area contributed by atoms with Crippen LogP contribution in [0, 0.1) is 6.92 Å². The Hall–Kier alpha value is -0.830. The molecule has 0 aromatic heterocycles.